The molecule has 0 saturated carbocycles. The van der Waals surface area contributed by atoms with Gasteiger partial charge in [-0.25, -0.2) is 0 Å². The Morgan fingerprint density at radius 3 is 2.62 bits per heavy atom. The quantitative estimate of drug-likeness (QED) is 0.568. The van der Waals surface area contributed by atoms with E-state index in [0.29, 0.717) is 12.3 Å². The van der Waals surface area contributed by atoms with Crippen LogP contribution in [0, 0.1) is 5.92 Å². The van der Waals surface area contributed by atoms with Gasteiger partial charge in [0.1, 0.15) is 6.23 Å². The summed E-state index contributed by atoms with van der Waals surface area (Å²) in [7, 11) is 0. The Balaban J connectivity index is 2.40. The van der Waals surface area contributed by atoms with Crippen LogP contribution in [0.4, 0.5) is 0 Å². The zero-order valence-corrected chi connectivity index (χ0v) is 8.70. The Bertz CT molecular complexity index is 253. The zero-order valence-electron chi connectivity index (χ0n) is 8.70. The van der Waals surface area contributed by atoms with E-state index in [9.17, 15) is 4.79 Å². The zero-order chi connectivity index (χ0) is 9.80. The van der Waals surface area contributed by atoms with Crippen LogP contribution in [0.1, 0.15) is 34.1 Å². The minimum atomic E-state index is -0.0729. The number of carbonyl (C=O) groups excluding carboxylic acids is 1. The fraction of sp³-hybridized carbons (Fsp3) is 0.900. The Morgan fingerprint density at radius 2 is 2.08 bits per heavy atom. The second-order valence-corrected chi connectivity index (χ2v) is 4.47. The summed E-state index contributed by atoms with van der Waals surface area (Å²) in [4.78, 5) is 13.6. The second kappa shape index (κ2) is 2.47. The molecule has 1 amide bonds. The summed E-state index contributed by atoms with van der Waals surface area (Å²) < 4.78 is 5.68. The molecule has 13 heavy (non-hydrogen) atoms. The van der Waals surface area contributed by atoms with Crippen molar-refractivity contribution in [3.8, 4) is 0 Å². The lowest BCUT2D eigenvalue weighted by Gasteiger charge is -2.33. The van der Waals surface area contributed by atoms with Crippen LogP contribution in [0.25, 0.3) is 0 Å². The topological polar surface area (TPSA) is 29.5 Å². The summed E-state index contributed by atoms with van der Waals surface area (Å²) in [6, 6.07) is 0. The lowest BCUT2D eigenvalue weighted by atomic mass is 9.84. The Kier molecular flexibility index (Phi) is 1.71. The molecule has 4 unspecified atom stereocenters. The van der Waals surface area contributed by atoms with E-state index in [1.807, 2.05) is 11.8 Å². The van der Waals surface area contributed by atoms with Crippen LogP contribution in [-0.2, 0) is 9.53 Å². The van der Waals surface area contributed by atoms with Gasteiger partial charge in [0, 0.05) is 6.42 Å². The van der Waals surface area contributed by atoms with Gasteiger partial charge < -0.3 is 9.64 Å². The molecule has 0 aromatic carbocycles. The molecule has 3 heteroatoms. The Labute approximate surface area is 79.0 Å². The number of carbonyl (C=O) groups is 1. The van der Waals surface area contributed by atoms with Crippen molar-refractivity contribution < 1.29 is 9.53 Å². The summed E-state index contributed by atoms with van der Waals surface area (Å²) >= 11 is 0. The van der Waals surface area contributed by atoms with E-state index in [1.54, 1.807) is 0 Å². The lowest BCUT2D eigenvalue weighted by molar-refractivity contribution is -0.134. The van der Waals surface area contributed by atoms with Crippen LogP contribution >= 0.6 is 0 Å². The summed E-state index contributed by atoms with van der Waals surface area (Å²) in [6.45, 7) is 8.29. The Morgan fingerprint density at radius 1 is 1.46 bits per heavy atom. The maximum absolute atomic E-state index is 11.7. The average Bonchev–Trinajstić information content (AvgIpc) is 2.36. The number of fused-ring (bicyclic) bond motifs is 1. The molecule has 3 nitrogen and oxygen atoms in total. The number of hydrogen-bond acceptors (Lipinski definition) is 2. The van der Waals surface area contributed by atoms with Gasteiger partial charge in [0.2, 0.25) is 5.91 Å². The fourth-order valence-electron chi connectivity index (χ4n) is 2.76. The highest BCUT2D eigenvalue weighted by molar-refractivity contribution is 5.81. The molecule has 2 aliphatic heterocycles. The van der Waals surface area contributed by atoms with Crippen LogP contribution in [0.15, 0.2) is 0 Å². The standard InChI is InChI=1S/C10H17NO2/c1-6-5-9(12)11-8(3)13-7(2)10(6,11)4/h6-8H,5H2,1-4H3. The van der Waals surface area contributed by atoms with E-state index >= 15 is 0 Å². The van der Waals surface area contributed by atoms with Crippen molar-refractivity contribution in [3.05, 3.63) is 0 Å². The van der Waals surface area contributed by atoms with Crippen LogP contribution in [0.5, 0.6) is 0 Å². The lowest BCUT2D eigenvalue weighted by Crippen LogP contribution is -2.48. The molecule has 0 N–H and O–H groups in total. The van der Waals surface area contributed by atoms with E-state index in [2.05, 4.69) is 20.8 Å². The van der Waals surface area contributed by atoms with Gasteiger partial charge in [-0.3, -0.25) is 4.79 Å². The normalized spacial score (nSPS) is 50.0. The molecule has 0 radical (unpaired) electrons. The first-order chi connectivity index (χ1) is 5.98. The molecule has 0 aromatic heterocycles. The number of ether oxygens (including phenoxy) is 1. The summed E-state index contributed by atoms with van der Waals surface area (Å²) in [5.74, 6) is 0.645. The number of rotatable bonds is 0. The van der Waals surface area contributed by atoms with Crippen molar-refractivity contribution in [2.75, 3.05) is 0 Å². The average molecular weight is 183 g/mol. The van der Waals surface area contributed by atoms with Gasteiger partial charge >= 0.3 is 0 Å². The molecule has 2 aliphatic rings. The van der Waals surface area contributed by atoms with Crippen LogP contribution in [0.2, 0.25) is 0 Å². The molecule has 0 aromatic rings. The smallest absolute Gasteiger partial charge is 0.225 e. The molecule has 4 atom stereocenters. The molecule has 0 aliphatic carbocycles. The fourth-order valence-corrected chi connectivity index (χ4v) is 2.76. The van der Waals surface area contributed by atoms with Crippen LogP contribution in [-0.4, -0.2) is 28.7 Å². The van der Waals surface area contributed by atoms with Gasteiger partial charge in [-0.1, -0.05) is 6.92 Å². The monoisotopic (exact) mass is 183 g/mol. The first kappa shape index (κ1) is 9.00. The predicted molar refractivity (Wildman–Crippen MR) is 49.0 cm³/mol. The van der Waals surface area contributed by atoms with Gasteiger partial charge in [-0.2, -0.15) is 0 Å². The molecular formula is C10H17NO2. The third-order valence-corrected chi connectivity index (χ3v) is 3.85. The van der Waals surface area contributed by atoms with E-state index in [0.717, 1.165) is 0 Å². The molecule has 2 fully saturated rings. The van der Waals surface area contributed by atoms with Crippen molar-refractivity contribution in [2.24, 2.45) is 5.92 Å². The molecule has 2 rings (SSSR count). The highest BCUT2D eigenvalue weighted by Gasteiger charge is 2.57. The first-order valence-electron chi connectivity index (χ1n) is 4.95. The van der Waals surface area contributed by atoms with E-state index < -0.39 is 0 Å². The van der Waals surface area contributed by atoms with Crippen molar-refractivity contribution in [3.63, 3.8) is 0 Å². The number of amides is 1. The molecule has 0 bridgehead atoms. The molecular weight excluding hydrogens is 166 g/mol. The first-order valence-corrected chi connectivity index (χ1v) is 4.95. The van der Waals surface area contributed by atoms with Crippen LogP contribution in [0.3, 0.4) is 0 Å². The minimum absolute atomic E-state index is 0.0440. The number of hydrogen-bond donors (Lipinski definition) is 0. The van der Waals surface area contributed by atoms with Crippen molar-refractivity contribution >= 4 is 5.91 Å². The largest absolute Gasteiger partial charge is 0.353 e. The SMILES string of the molecule is CC1OC(C)C2(C)C(C)CC(=O)N12. The molecule has 0 spiro atoms. The van der Waals surface area contributed by atoms with E-state index in [1.165, 1.54) is 0 Å². The molecule has 74 valence electrons. The number of nitrogens with zero attached hydrogens (tertiary/aromatic N) is 1. The highest BCUT2D eigenvalue weighted by atomic mass is 16.5. The maximum Gasteiger partial charge on any atom is 0.225 e. The second-order valence-electron chi connectivity index (χ2n) is 4.47. The van der Waals surface area contributed by atoms with Crippen LogP contribution < -0.4 is 0 Å². The van der Waals surface area contributed by atoms with Crippen molar-refractivity contribution in [2.45, 2.75) is 52.0 Å². The maximum atomic E-state index is 11.7. The summed E-state index contributed by atoms with van der Waals surface area (Å²) in [6.07, 6.45) is 0.788. The third kappa shape index (κ3) is 0.909. The summed E-state index contributed by atoms with van der Waals surface area (Å²) in [5.41, 5.74) is -0.0729. The van der Waals surface area contributed by atoms with Gasteiger partial charge in [0.05, 0.1) is 11.6 Å². The van der Waals surface area contributed by atoms with E-state index in [-0.39, 0.29) is 23.8 Å². The highest BCUT2D eigenvalue weighted by Crippen LogP contribution is 2.45. The van der Waals surface area contributed by atoms with Gasteiger partial charge in [0.25, 0.3) is 0 Å². The molecule has 2 saturated heterocycles. The third-order valence-electron chi connectivity index (χ3n) is 3.85. The summed E-state index contributed by atoms with van der Waals surface area (Å²) in [5, 5.41) is 0. The molecule has 2 heterocycles. The van der Waals surface area contributed by atoms with Gasteiger partial charge in [0.15, 0.2) is 0 Å². The van der Waals surface area contributed by atoms with Crippen molar-refractivity contribution in [1.29, 1.82) is 0 Å². The van der Waals surface area contributed by atoms with Gasteiger partial charge in [-0.05, 0) is 26.7 Å². The van der Waals surface area contributed by atoms with Gasteiger partial charge in [-0.15, -0.1) is 0 Å². The minimum Gasteiger partial charge on any atom is -0.353 e. The Hall–Kier alpha value is -0.570. The predicted octanol–water partition coefficient (Wildman–Crippen LogP) is 1.38. The van der Waals surface area contributed by atoms with Crippen molar-refractivity contribution in [1.82, 2.24) is 4.90 Å². The van der Waals surface area contributed by atoms with E-state index in [4.69, 9.17) is 4.74 Å².